The minimum Gasteiger partial charge on any atom is -0.490 e. The summed E-state index contributed by atoms with van der Waals surface area (Å²) in [7, 11) is 0. The first kappa shape index (κ1) is 35.3. The molecule has 0 fully saturated rings. The number of hydrogen-bond donors (Lipinski definition) is 0. The van der Waals surface area contributed by atoms with Crippen molar-refractivity contribution in [3.05, 3.63) is 89.0 Å². The van der Waals surface area contributed by atoms with Crippen LogP contribution in [-0.4, -0.2) is 46.4 Å². The van der Waals surface area contributed by atoms with Crippen molar-refractivity contribution in [2.24, 2.45) is 0 Å². The maximum absolute atomic E-state index is 7.18. The molecule has 6 aromatic rings. The number of benzene rings is 5. The molecule has 0 spiro atoms. The van der Waals surface area contributed by atoms with Crippen LogP contribution in [0.5, 0.6) is 34.5 Å². The second kappa shape index (κ2) is 13.1. The fourth-order valence-corrected chi connectivity index (χ4v) is 9.53. The Kier molecular flexibility index (Phi) is 7.95. The summed E-state index contributed by atoms with van der Waals surface area (Å²) in [5.41, 5.74) is 13.8. The van der Waals surface area contributed by atoms with E-state index in [1.165, 1.54) is 11.0 Å². The lowest BCUT2D eigenvalue weighted by Gasteiger charge is -2.43. The maximum atomic E-state index is 7.18. The Labute approximate surface area is 339 Å². The molecule has 0 atom stereocenters. The summed E-state index contributed by atoms with van der Waals surface area (Å²) in [6.45, 7) is 16.7. The molecule has 1 aromatic heterocycles. The molecular weight excluding hydrogens is 727 g/mol. The molecule has 0 N–H and O–H groups in total. The zero-order chi connectivity index (χ0) is 39.4. The Hall–Kier alpha value is -5.90. The minimum absolute atomic E-state index is 0.0741. The number of ether oxygens (including phenoxy) is 6. The summed E-state index contributed by atoms with van der Waals surface area (Å²) in [5.74, 6) is 5.38. The molecule has 0 aliphatic carbocycles. The molecule has 0 amide bonds. The predicted molar refractivity (Wildman–Crippen MR) is 230 cm³/mol. The van der Waals surface area contributed by atoms with Crippen molar-refractivity contribution in [2.45, 2.75) is 66.2 Å². The van der Waals surface area contributed by atoms with Crippen LogP contribution >= 0.6 is 0 Å². The van der Waals surface area contributed by atoms with Gasteiger partial charge in [0.1, 0.15) is 5.58 Å². The lowest BCUT2D eigenvalue weighted by atomic mass is 9.33. The summed E-state index contributed by atoms with van der Waals surface area (Å²) in [4.78, 5) is 4.73. The van der Waals surface area contributed by atoms with Crippen molar-refractivity contribution in [1.82, 2.24) is 0 Å². The molecule has 0 saturated heterocycles. The number of fused-ring (bicyclic) bond motifs is 9. The van der Waals surface area contributed by atoms with E-state index in [1.54, 1.807) is 0 Å². The van der Waals surface area contributed by atoms with Crippen molar-refractivity contribution in [1.29, 1.82) is 0 Å². The van der Waals surface area contributed by atoms with E-state index in [2.05, 4.69) is 112 Å². The van der Waals surface area contributed by atoms with Gasteiger partial charge in [-0.15, -0.1) is 0 Å². The highest BCUT2D eigenvalue weighted by molar-refractivity contribution is 7.01. The predicted octanol–water partition coefficient (Wildman–Crippen LogP) is 9.22. The smallest absolute Gasteiger partial charge is 0.257 e. The summed E-state index contributed by atoms with van der Waals surface area (Å²) in [6.07, 6.45) is 2.48. The number of rotatable bonds is 2. The molecule has 5 aromatic carbocycles. The van der Waals surface area contributed by atoms with Crippen molar-refractivity contribution in [3.63, 3.8) is 0 Å². The van der Waals surface area contributed by atoms with Gasteiger partial charge in [-0.05, 0) is 102 Å². The molecule has 5 aliphatic heterocycles. The van der Waals surface area contributed by atoms with Gasteiger partial charge in [0.15, 0.2) is 34.5 Å². The fraction of sp³-hybridized carbons (Fsp3) is 0.333. The van der Waals surface area contributed by atoms with E-state index in [9.17, 15) is 0 Å². The van der Waals surface area contributed by atoms with Crippen molar-refractivity contribution < 1.29 is 32.8 Å². The Bertz CT molecular complexity index is 2680. The van der Waals surface area contributed by atoms with Gasteiger partial charge in [-0.3, -0.25) is 4.90 Å². The van der Waals surface area contributed by atoms with Crippen LogP contribution in [-0.2, 0) is 5.41 Å². The van der Waals surface area contributed by atoms with Crippen molar-refractivity contribution in [2.75, 3.05) is 49.4 Å². The van der Waals surface area contributed by atoms with Crippen LogP contribution in [0.15, 0.2) is 71.1 Å². The van der Waals surface area contributed by atoms with Gasteiger partial charge >= 0.3 is 0 Å². The monoisotopic (exact) mass is 774 g/mol. The lowest BCUT2D eigenvalue weighted by molar-refractivity contribution is 0.296. The third-order valence-corrected chi connectivity index (χ3v) is 12.2. The molecule has 10 heteroatoms. The summed E-state index contributed by atoms with van der Waals surface area (Å²) >= 11 is 0. The number of aryl methyl sites for hydroxylation is 2. The van der Waals surface area contributed by atoms with E-state index in [-0.39, 0.29) is 12.1 Å². The summed E-state index contributed by atoms with van der Waals surface area (Å²) in [5, 5.41) is 1.10. The number of nitrogens with zero attached hydrogens (tertiary/aromatic N) is 2. The van der Waals surface area contributed by atoms with Crippen molar-refractivity contribution >= 4 is 68.4 Å². The summed E-state index contributed by atoms with van der Waals surface area (Å²) < 4.78 is 45.2. The number of hydrogen-bond acceptors (Lipinski definition) is 9. The average Bonchev–Trinajstić information content (AvgIpc) is 3.45. The van der Waals surface area contributed by atoms with E-state index in [4.69, 9.17) is 32.8 Å². The highest BCUT2D eigenvalue weighted by Crippen LogP contribution is 2.52. The topological polar surface area (TPSA) is 75.0 Å². The maximum Gasteiger partial charge on any atom is 0.257 e. The van der Waals surface area contributed by atoms with Gasteiger partial charge in [0.2, 0.25) is 5.88 Å². The van der Waals surface area contributed by atoms with E-state index < -0.39 is 0 Å². The largest absolute Gasteiger partial charge is 0.490 e. The third kappa shape index (κ3) is 5.36. The summed E-state index contributed by atoms with van der Waals surface area (Å²) in [6, 6.07) is 24.2. The van der Waals surface area contributed by atoms with Gasteiger partial charge in [0.25, 0.3) is 6.71 Å². The molecular formula is C48H47BN2O7. The van der Waals surface area contributed by atoms with E-state index in [1.807, 2.05) is 6.07 Å². The Morgan fingerprint density at radius 3 is 1.93 bits per heavy atom. The van der Waals surface area contributed by atoms with Gasteiger partial charge in [-0.25, -0.2) is 0 Å². The van der Waals surface area contributed by atoms with Crippen LogP contribution in [0.25, 0.3) is 11.0 Å². The second-order valence-corrected chi connectivity index (χ2v) is 17.2. The normalized spacial score (nSPS) is 16.6. The molecule has 0 bridgehead atoms. The molecule has 58 heavy (non-hydrogen) atoms. The molecule has 0 saturated carbocycles. The minimum atomic E-state index is -0.196. The first-order chi connectivity index (χ1) is 28.1. The molecule has 6 heterocycles. The van der Waals surface area contributed by atoms with Gasteiger partial charge < -0.3 is 37.7 Å². The average molecular weight is 775 g/mol. The van der Waals surface area contributed by atoms with Crippen LogP contribution in [0.2, 0.25) is 0 Å². The number of anilines is 6. The van der Waals surface area contributed by atoms with Crippen LogP contribution in [0.1, 0.15) is 62.3 Å². The first-order valence-corrected chi connectivity index (χ1v) is 20.7. The van der Waals surface area contributed by atoms with Gasteiger partial charge in [0.05, 0.1) is 51.0 Å². The highest BCUT2D eigenvalue weighted by Gasteiger charge is 2.48. The SMILES string of the molecule is Cc1cc2c3c(c1)N(c1c(C)cc4c(c1C)OCCCO4)c1oc4ccc(C(C)(C)C)cc4c1B3c1cc3c(cc1N2c1ccc2c(c1)OCCCO2)OCCCO3. The van der Waals surface area contributed by atoms with E-state index in [0.29, 0.717) is 39.6 Å². The van der Waals surface area contributed by atoms with Gasteiger partial charge in [-0.2, -0.15) is 0 Å². The molecule has 9 nitrogen and oxygen atoms in total. The molecule has 0 unspecified atom stereocenters. The Morgan fingerprint density at radius 1 is 0.569 bits per heavy atom. The molecule has 294 valence electrons. The van der Waals surface area contributed by atoms with Gasteiger partial charge in [0, 0.05) is 64.9 Å². The third-order valence-electron chi connectivity index (χ3n) is 12.2. The van der Waals surface area contributed by atoms with Crippen LogP contribution in [0.4, 0.5) is 34.3 Å². The van der Waals surface area contributed by atoms with Crippen LogP contribution < -0.4 is 54.6 Å². The quantitative estimate of drug-likeness (QED) is 0.160. The van der Waals surface area contributed by atoms with E-state index in [0.717, 1.165) is 127 Å². The first-order valence-electron chi connectivity index (χ1n) is 20.7. The Balaban J connectivity index is 1.25. The van der Waals surface area contributed by atoms with Crippen LogP contribution in [0, 0.1) is 20.8 Å². The zero-order valence-corrected chi connectivity index (χ0v) is 34.0. The second-order valence-electron chi connectivity index (χ2n) is 17.2. The molecule has 5 aliphatic rings. The van der Waals surface area contributed by atoms with Crippen LogP contribution in [0.3, 0.4) is 0 Å². The lowest BCUT2D eigenvalue weighted by Crippen LogP contribution is -2.61. The van der Waals surface area contributed by atoms with Gasteiger partial charge in [-0.1, -0.05) is 26.8 Å². The molecule has 11 rings (SSSR count). The Morgan fingerprint density at radius 2 is 1.21 bits per heavy atom. The van der Waals surface area contributed by atoms with E-state index >= 15 is 0 Å². The van der Waals surface area contributed by atoms with Crippen molar-refractivity contribution in [3.8, 4) is 34.5 Å². The number of furan rings is 1. The molecule has 0 radical (unpaired) electrons. The fourth-order valence-electron chi connectivity index (χ4n) is 9.53. The zero-order valence-electron chi connectivity index (χ0n) is 34.0. The standard InChI is InChI=1S/C48H47BN2O7/c1-27-20-35-44-36(21-27)51(45-28(2)22-42-46(29(45)3)57-19-9-18-56-42)47-43(32-23-30(48(4,5)6)10-12-37(32)58-47)49(44)33-25-40-41(55-17-8-16-54-40)26-34(33)50(35)31-11-13-38-39(24-31)53-15-7-14-52-38/h10-13,20-26H,7-9,14-19H2,1-6H3. The highest BCUT2D eigenvalue weighted by atomic mass is 16.5.